The van der Waals surface area contributed by atoms with Gasteiger partial charge in [-0.15, -0.1) is 0 Å². The van der Waals surface area contributed by atoms with E-state index in [1.807, 2.05) is 13.0 Å². The van der Waals surface area contributed by atoms with Gasteiger partial charge in [0, 0.05) is 6.04 Å². The molecule has 4 nitrogen and oxygen atoms in total. The Kier molecular flexibility index (Phi) is 4.04. The Bertz CT molecular complexity index is 513. The molecule has 0 radical (unpaired) electrons. The summed E-state index contributed by atoms with van der Waals surface area (Å²) < 4.78 is 27.0. The lowest BCUT2D eigenvalue weighted by Crippen LogP contribution is -2.44. The molecule has 18 heavy (non-hydrogen) atoms. The van der Waals surface area contributed by atoms with E-state index in [4.69, 9.17) is 0 Å². The predicted molar refractivity (Wildman–Crippen MR) is 69.8 cm³/mol. The number of aliphatic hydroxyl groups excluding tert-OH is 1. The van der Waals surface area contributed by atoms with Crippen molar-refractivity contribution < 1.29 is 13.5 Å². The van der Waals surface area contributed by atoms with Crippen molar-refractivity contribution in [2.75, 3.05) is 0 Å². The van der Waals surface area contributed by atoms with E-state index in [0.29, 0.717) is 12.8 Å². The average Bonchev–Trinajstić information content (AvgIpc) is 2.32. The standard InChI is InChI=1S/C13H19NO3S/c1-10-5-4-6-11(9-10)18(16,17)14-12-7-2-3-8-13(12)15/h4-6,9,12-15H,2-3,7-8H2,1H3. The number of hydrogen-bond acceptors (Lipinski definition) is 3. The fourth-order valence-corrected chi connectivity index (χ4v) is 3.71. The SMILES string of the molecule is Cc1cccc(S(=O)(=O)NC2CCCCC2O)c1. The number of sulfonamides is 1. The molecule has 0 amide bonds. The molecule has 0 heterocycles. The van der Waals surface area contributed by atoms with Crippen LogP contribution in [0, 0.1) is 6.92 Å². The highest BCUT2D eigenvalue weighted by Gasteiger charge is 2.27. The second-order valence-corrected chi connectivity index (χ2v) is 6.61. The molecule has 0 aromatic heterocycles. The molecule has 0 aliphatic heterocycles. The minimum absolute atomic E-state index is 0.264. The summed E-state index contributed by atoms with van der Waals surface area (Å²) in [6.45, 7) is 1.86. The highest BCUT2D eigenvalue weighted by Crippen LogP contribution is 2.20. The van der Waals surface area contributed by atoms with Crippen LogP contribution < -0.4 is 4.72 Å². The summed E-state index contributed by atoms with van der Waals surface area (Å²) >= 11 is 0. The maximum atomic E-state index is 12.2. The molecule has 2 N–H and O–H groups in total. The highest BCUT2D eigenvalue weighted by molar-refractivity contribution is 7.89. The fraction of sp³-hybridized carbons (Fsp3) is 0.538. The molecule has 0 spiro atoms. The maximum Gasteiger partial charge on any atom is 0.240 e. The Morgan fingerprint density at radius 1 is 1.28 bits per heavy atom. The number of aryl methyl sites for hydroxylation is 1. The lowest BCUT2D eigenvalue weighted by molar-refractivity contribution is 0.101. The summed E-state index contributed by atoms with van der Waals surface area (Å²) in [6, 6.07) is 6.43. The molecule has 100 valence electrons. The van der Waals surface area contributed by atoms with E-state index in [9.17, 15) is 13.5 Å². The summed E-state index contributed by atoms with van der Waals surface area (Å²) in [4.78, 5) is 0.264. The average molecular weight is 269 g/mol. The van der Waals surface area contributed by atoms with Gasteiger partial charge in [-0.3, -0.25) is 0 Å². The van der Waals surface area contributed by atoms with Gasteiger partial charge in [-0.1, -0.05) is 25.0 Å². The first-order chi connectivity index (χ1) is 8.49. The predicted octanol–water partition coefficient (Wildman–Crippen LogP) is 1.58. The van der Waals surface area contributed by atoms with Gasteiger partial charge in [0.25, 0.3) is 0 Å². The van der Waals surface area contributed by atoms with Crippen LogP contribution in [0.2, 0.25) is 0 Å². The Hall–Kier alpha value is -0.910. The first-order valence-corrected chi connectivity index (χ1v) is 7.74. The normalized spacial score (nSPS) is 25.0. The van der Waals surface area contributed by atoms with Crippen molar-refractivity contribution in [3.05, 3.63) is 29.8 Å². The highest BCUT2D eigenvalue weighted by atomic mass is 32.2. The molecule has 1 aromatic carbocycles. The minimum Gasteiger partial charge on any atom is -0.391 e. The van der Waals surface area contributed by atoms with Crippen molar-refractivity contribution in [2.45, 2.75) is 49.6 Å². The molecular weight excluding hydrogens is 250 g/mol. The van der Waals surface area contributed by atoms with Gasteiger partial charge in [-0.25, -0.2) is 13.1 Å². The van der Waals surface area contributed by atoms with Gasteiger partial charge in [-0.05, 0) is 37.5 Å². The molecule has 2 unspecified atom stereocenters. The molecular formula is C13H19NO3S. The Morgan fingerprint density at radius 3 is 2.67 bits per heavy atom. The number of hydrogen-bond donors (Lipinski definition) is 2. The van der Waals surface area contributed by atoms with Crippen LogP contribution in [0.3, 0.4) is 0 Å². The van der Waals surface area contributed by atoms with Crippen molar-refractivity contribution in [1.29, 1.82) is 0 Å². The van der Waals surface area contributed by atoms with Crippen molar-refractivity contribution in [3.8, 4) is 0 Å². The van der Waals surface area contributed by atoms with Gasteiger partial charge >= 0.3 is 0 Å². The first kappa shape index (κ1) is 13.5. The van der Waals surface area contributed by atoms with E-state index in [1.165, 1.54) is 0 Å². The number of rotatable bonds is 3. The van der Waals surface area contributed by atoms with Gasteiger partial charge in [0.05, 0.1) is 11.0 Å². The van der Waals surface area contributed by atoms with E-state index < -0.39 is 16.1 Å². The molecule has 0 bridgehead atoms. The fourth-order valence-electron chi connectivity index (χ4n) is 2.30. The van der Waals surface area contributed by atoms with E-state index in [-0.39, 0.29) is 10.9 Å². The third kappa shape index (κ3) is 3.10. The van der Waals surface area contributed by atoms with Crippen LogP contribution >= 0.6 is 0 Å². The molecule has 1 aliphatic rings. The van der Waals surface area contributed by atoms with Gasteiger partial charge in [0.2, 0.25) is 10.0 Å². The number of benzene rings is 1. The second-order valence-electron chi connectivity index (χ2n) is 4.90. The zero-order chi connectivity index (χ0) is 13.2. The van der Waals surface area contributed by atoms with Crippen LogP contribution in [0.15, 0.2) is 29.2 Å². The van der Waals surface area contributed by atoms with Crippen molar-refractivity contribution >= 4 is 10.0 Å². The molecule has 1 aliphatic carbocycles. The van der Waals surface area contributed by atoms with Crippen molar-refractivity contribution in [1.82, 2.24) is 4.72 Å². The Balaban J connectivity index is 2.16. The summed E-state index contributed by atoms with van der Waals surface area (Å²) in [5.74, 6) is 0. The van der Waals surface area contributed by atoms with Crippen LogP contribution in [-0.2, 0) is 10.0 Å². The van der Waals surface area contributed by atoms with E-state index in [1.54, 1.807) is 18.2 Å². The topological polar surface area (TPSA) is 66.4 Å². The molecule has 2 rings (SSSR count). The summed E-state index contributed by atoms with van der Waals surface area (Å²) in [6.07, 6.45) is 2.72. The maximum absolute atomic E-state index is 12.2. The quantitative estimate of drug-likeness (QED) is 0.875. The van der Waals surface area contributed by atoms with E-state index in [2.05, 4.69) is 4.72 Å². The van der Waals surface area contributed by atoms with Crippen molar-refractivity contribution in [3.63, 3.8) is 0 Å². The minimum atomic E-state index is -3.53. The zero-order valence-corrected chi connectivity index (χ0v) is 11.3. The Labute approximate surface area is 108 Å². The smallest absolute Gasteiger partial charge is 0.240 e. The second kappa shape index (κ2) is 5.38. The third-order valence-electron chi connectivity index (χ3n) is 3.34. The summed E-state index contributed by atoms with van der Waals surface area (Å²) in [5, 5.41) is 9.81. The van der Waals surface area contributed by atoms with Crippen LogP contribution in [0.25, 0.3) is 0 Å². The molecule has 5 heteroatoms. The van der Waals surface area contributed by atoms with Crippen LogP contribution in [-0.4, -0.2) is 25.7 Å². The van der Waals surface area contributed by atoms with Gasteiger partial charge < -0.3 is 5.11 Å². The van der Waals surface area contributed by atoms with Gasteiger partial charge in [0.15, 0.2) is 0 Å². The van der Waals surface area contributed by atoms with Gasteiger partial charge in [-0.2, -0.15) is 0 Å². The Morgan fingerprint density at radius 2 is 2.00 bits per heavy atom. The van der Waals surface area contributed by atoms with E-state index in [0.717, 1.165) is 18.4 Å². The molecule has 1 saturated carbocycles. The van der Waals surface area contributed by atoms with Crippen LogP contribution in [0.4, 0.5) is 0 Å². The lowest BCUT2D eigenvalue weighted by atomic mass is 9.93. The molecule has 0 saturated heterocycles. The molecule has 2 atom stereocenters. The van der Waals surface area contributed by atoms with Gasteiger partial charge in [0.1, 0.15) is 0 Å². The monoisotopic (exact) mass is 269 g/mol. The molecule has 1 fully saturated rings. The third-order valence-corrected chi connectivity index (χ3v) is 4.82. The summed E-state index contributed by atoms with van der Waals surface area (Å²) in [5.41, 5.74) is 0.905. The first-order valence-electron chi connectivity index (χ1n) is 6.26. The van der Waals surface area contributed by atoms with Crippen LogP contribution in [0.5, 0.6) is 0 Å². The summed E-state index contributed by atoms with van der Waals surface area (Å²) in [7, 11) is -3.53. The largest absolute Gasteiger partial charge is 0.391 e. The lowest BCUT2D eigenvalue weighted by Gasteiger charge is -2.28. The van der Waals surface area contributed by atoms with Crippen LogP contribution in [0.1, 0.15) is 31.2 Å². The van der Waals surface area contributed by atoms with E-state index >= 15 is 0 Å². The molecule has 1 aromatic rings. The number of aliphatic hydroxyl groups is 1. The zero-order valence-electron chi connectivity index (χ0n) is 10.5. The number of nitrogens with one attached hydrogen (secondary N) is 1. The van der Waals surface area contributed by atoms with Crippen molar-refractivity contribution in [2.24, 2.45) is 0 Å².